The van der Waals surface area contributed by atoms with Crippen molar-refractivity contribution < 1.29 is 32.7 Å². The first-order chi connectivity index (χ1) is 20.9. The fourth-order valence-corrected chi connectivity index (χ4v) is 4.85. The van der Waals surface area contributed by atoms with Gasteiger partial charge in [0.1, 0.15) is 5.02 Å². The van der Waals surface area contributed by atoms with E-state index in [1.807, 2.05) is 37.3 Å². The highest BCUT2D eigenvalue weighted by molar-refractivity contribution is 6.32. The molecule has 5 rings (SSSR count). The standard InChI is InChI=1S/C27H30ClN7O2.C2HF3O2/c1-2-29-27(37)35-12-10-18(11-13-35)25(36)33-23-9-8-21-15-19(23)7-6-17-4-3-5-20(14-17)32-26-30-16-22(28)24(31-21)34-26;3-2(4,5)1(6)7/h3-5,8-9,14-16,18H,2,6-7,10-13H2,1H3,(H,29,37)(H,33,36)(H2,30,31,32,34);(H,6,7). The molecule has 2 aliphatic rings. The van der Waals surface area contributed by atoms with Gasteiger partial charge in [0.2, 0.25) is 11.9 Å². The number of carboxylic acids is 1. The summed E-state index contributed by atoms with van der Waals surface area (Å²) < 4.78 is 31.7. The monoisotopic (exact) mass is 633 g/mol. The third kappa shape index (κ3) is 8.72. The summed E-state index contributed by atoms with van der Waals surface area (Å²) >= 11 is 6.37. The molecule has 2 aromatic carbocycles. The Hall–Kier alpha value is -4.59. The molecule has 0 atom stereocenters. The molecule has 44 heavy (non-hydrogen) atoms. The molecule has 1 saturated heterocycles. The number of rotatable bonds is 3. The van der Waals surface area contributed by atoms with Gasteiger partial charge in [0.05, 0.1) is 6.20 Å². The molecular weight excluding hydrogens is 603 g/mol. The van der Waals surface area contributed by atoms with Crippen LogP contribution in [0.15, 0.2) is 48.7 Å². The van der Waals surface area contributed by atoms with E-state index >= 15 is 0 Å². The van der Waals surface area contributed by atoms with Crippen LogP contribution in [0, 0.1) is 5.92 Å². The minimum atomic E-state index is -5.08. The van der Waals surface area contributed by atoms with Gasteiger partial charge in [-0.3, -0.25) is 4.79 Å². The van der Waals surface area contributed by atoms with E-state index < -0.39 is 12.1 Å². The van der Waals surface area contributed by atoms with Crippen molar-refractivity contribution in [3.05, 3.63) is 64.8 Å². The van der Waals surface area contributed by atoms with Crippen molar-refractivity contribution in [2.24, 2.45) is 5.92 Å². The zero-order valence-corrected chi connectivity index (χ0v) is 24.4. The number of halogens is 4. The summed E-state index contributed by atoms with van der Waals surface area (Å²) in [7, 11) is 0. The molecule has 0 radical (unpaired) electrons. The predicted octanol–water partition coefficient (Wildman–Crippen LogP) is 5.73. The molecule has 5 N–H and O–H groups in total. The second-order valence-electron chi connectivity index (χ2n) is 10.1. The Morgan fingerprint density at radius 3 is 2.45 bits per heavy atom. The van der Waals surface area contributed by atoms with Crippen LogP contribution >= 0.6 is 11.6 Å². The van der Waals surface area contributed by atoms with Crippen molar-refractivity contribution in [2.45, 2.75) is 38.8 Å². The Bertz CT molecular complexity index is 1510. The Kier molecular flexibility index (Phi) is 10.5. The van der Waals surface area contributed by atoms with Crippen molar-refractivity contribution >= 4 is 58.3 Å². The number of amides is 3. The molecule has 2 aliphatic heterocycles. The largest absolute Gasteiger partial charge is 0.490 e. The number of carbonyl (C=O) groups is 3. The van der Waals surface area contributed by atoms with Crippen LogP contribution in [0.1, 0.15) is 30.9 Å². The molecule has 0 saturated carbocycles. The number of likely N-dealkylation sites (tertiary alicyclic amines) is 1. The zero-order valence-electron chi connectivity index (χ0n) is 23.7. The molecule has 3 amide bonds. The lowest BCUT2D eigenvalue weighted by molar-refractivity contribution is -0.192. The van der Waals surface area contributed by atoms with Gasteiger partial charge in [0.25, 0.3) is 0 Å². The Morgan fingerprint density at radius 1 is 1.07 bits per heavy atom. The number of nitrogens with one attached hydrogen (secondary N) is 4. The number of carbonyl (C=O) groups excluding carboxylic acids is 2. The number of aliphatic carboxylic acids is 1. The molecule has 0 aliphatic carbocycles. The maximum Gasteiger partial charge on any atom is 0.490 e. The molecule has 11 nitrogen and oxygen atoms in total. The number of fused-ring (bicyclic) bond motifs is 6. The number of hydrogen-bond acceptors (Lipinski definition) is 7. The number of piperidine rings is 1. The van der Waals surface area contributed by atoms with E-state index in [0.717, 1.165) is 41.0 Å². The predicted molar refractivity (Wildman–Crippen MR) is 160 cm³/mol. The maximum absolute atomic E-state index is 13.2. The number of nitrogens with zero attached hydrogens (tertiary/aromatic N) is 3. The third-order valence-electron chi connectivity index (χ3n) is 6.96. The van der Waals surface area contributed by atoms with Crippen LogP contribution in [0.2, 0.25) is 5.02 Å². The van der Waals surface area contributed by atoms with Gasteiger partial charge < -0.3 is 31.3 Å². The average molecular weight is 634 g/mol. The first-order valence-corrected chi connectivity index (χ1v) is 14.2. The summed E-state index contributed by atoms with van der Waals surface area (Å²) in [6, 6.07) is 13.9. The SMILES string of the molecule is CCNC(=O)N1CCC(C(=O)Nc2ccc3cc2CCc2cccc(c2)Nc2ncc(Cl)c(n2)N3)CC1.O=C(O)C(F)(F)F. The molecule has 0 spiro atoms. The highest BCUT2D eigenvalue weighted by Gasteiger charge is 2.38. The normalized spacial score (nSPS) is 14.6. The number of aryl methyl sites for hydroxylation is 2. The van der Waals surface area contributed by atoms with Crippen molar-refractivity contribution in [3.63, 3.8) is 0 Å². The highest BCUT2D eigenvalue weighted by Crippen LogP contribution is 2.30. The Balaban J connectivity index is 0.000000566. The fourth-order valence-electron chi connectivity index (χ4n) is 4.71. The molecule has 0 unspecified atom stereocenters. The van der Waals surface area contributed by atoms with Gasteiger partial charge in [-0.25, -0.2) is 14.6 Å². The lowest BCUT2D eigenvalue weighted by atomic mass is 9.95. The van der Waals surface area contributed by atoms with E-state index in [9.17, 15) is 22.8 Å². The van der Waals surface area contributed by atoms with Crippen LogP contribution in [0.4, 0.5) is 46.8 Å². The molecule has 1 fully saturated rings. The van der Waals surface area contributed by atoms with Crippen LogP contribution < -0.4 is 21.3 Å². The van der Waals surface area contributed by atoms with E-state index in [1.54, 1.807) is 11.1 Å². The van der Waals surface area contributed by atoms with Gasteiger partial charge in [0, 0.05) is 42.6 Å². The first kappa shape index (κ1) is 32.3. The Morgan fingerprint density at radius 2 is 1.77 bits per heavy atom. The van der Waals surface area contributed by atoms with E-state index in [4.69, 9.17) is 21.5 Å². The first-order valence-electron chi connectivity index (χ1n) is 13.8. The topological polar surface area (TPSA) is 149 Å². The summed E-state index contributed by atoms with van der Waals surface area (Å²) in [6.07, 6.45) is -0.693. The quantitative estimate of drug-likeness (QED) is 0.246. The number of alkyl halides is 3. The van der Waals surface area contributed by atoms with Crippen molar-refractivity contribution in [3.8, 4) is 0 Å². The summed E-state index contributed by atoms with van der Waals surface area (Å²) in [5.74, 6) is -1.95. The minimum Gasteiger partial charge on any atom is -0.475 e. The van der Waals surface area contributed by atoms with E-state index in [1.165, 1.54) is 0 Å². The molecular formula is C29H31ClF3N7O4. The Labute approximate surface area is 256 Å². The van der Waals surface area contributed by atoms with Gasteiger partial charge in [-0.2, -0.15) is 18.2 Å². The summed E-state index contributed by atoms with van der Waals surface area (Å²) in [6.45, 7) is 3.65. The molecule has 1 aromatic heterocycles. The third-order valence-corrected chi connectivity index (χ3v) is 7.24. The van der Waals surface area contributed by atoms with Gasteiger partial charge >= 0.3 is 18.2 Å². The van der Waals surface area contributed by atoms with Crippen LogP contribution in [0.25, 0.3) is 0 Å². The molecule has 234 valence electrons. The second kappa shape index (κ2) is 14.3. The van der Waals surface area contributed by atoms with E-state index in [0.29, 0.717) is 49.3 Å². The van der Waals surface area contributed by atoms with Crippen molar-refractivity contribution in [2.75, 3.05) is 35.6 Å². The number of benzene rings is 2. The van der Waals surface area contributed by atoms with Crippen LogP contribution in [0.3, 0.4) is 0 Å². The van der Waals surface area contributed by atoms with Crippen LogP contribution in [-0.4, -0.2) is 63.7 Å². The molecule has 6 bridgehead atoms. The van der Waals surface area contributed by atoms with Crippen LogP contribution in [0.5, 0.6) is 0 Å². The number of anilines is 5. The number of aromatic nitrogens is 2. The van der Waals surface area contributed by atoms with E-state index in [2.05, 4.69) is 43.4 Å². The lowest BCUT2D eigenvalue weighted by Crippen LogP contribution is -2.46. The molecule has 3 aromatic rings. The van der Waals surface area contributed by atoms with Gasteiger partial charge in [0.15, 0.2) is 5.82 Å². The van der Waals surface area contributed by atoms with E-state index in [-0.39, 0.29) is 17.9 Å². The summed E-state index contributed by atoms with van der Waals surface area (Å²) in [5, 5.41) is 20.1. The van der Waals surface area contributed by atoms with Gasteiger partial charge in [-0.15, -0.1) is 0 Å². The smallest absolute Gasteiger partial charge is 0.475 e. The second-order valence-corrected chi connectivity index (χ2v) is 10.5. The zero-order chi connectivity index (χ0) is 31.9. The molecule has 15 heteroatoms. The molecule has 3 heterocycles. The van der Waals surface area contributed by atoms with Gasteiger partial charge in [-0.1, -0.05) is 23.7 Å². The highest BCUT2D eigenvalue weighted by atomic mass is 35.5. The van der Waals surface area contributed by atoms with Crippen molar-refractivity contribution in [1.29, 1.82) is 0 Å². The lowest BCUT2D eigenvalue weighted by Gasteiger charge is -2.31. The van der Waals surface area contributed by atoms with Crippen molar-refractivity contribution in [1.82, 2.24) is 20.2 Å². The minimum absolute atomic E-state index is 0.00916. The number of urea groups is 1. The fraction of sp³-hybridized carbons (Fsp3) is 0.345. The summed E-state index contributed by atoms with van der Waals surface area (Å²) in [5.41, 5.74) is 4.68. The van der Waals surface area contributed by atoms with Gasteiger partial charge in [-0.05, 0) is 74.1 Å². The average Bonchev–Trinajstić information content (AvgIpc) is 2.99. The maximum atomic E-state index is 13.2. The summed E-state index contributed by atoms with van der Waals surface area (Å²) in [4.78, 5) is 44.8. The number of carboxylic acid groups (broad SMARTS) is 1. The number of hydrogen-bond donors (Lipinski definition) is 5. The van der Waals surface area contributed by atoms with Crippen LogP contribution in [-0.2, 0) is 22.4 Å².